The number of hydrogen-bond donors (Lipinski definition) is 2. The van der Waals surface area contributed by atoms with Crippen LogP contribution in [0.25, 0.3) is 0 Å². The molecular weight excluding hydrogens is 646 g/mol. The molecule has 1 spiro atoms. The normalized spacial score (nSPS) is 28.4. The van der Waals surface area contributed by atoms with Gasteiger partial charge in [-0.15, -0.1) is 0 Å². The topological polar surface area (TPSA) is 90.0 Å². The molecule has 3 aliphatic heterocycles. The summed E-state index contributed by atoms with van der Waals surface area (Å²) in [7, 11) is 0. The maximum atomic E-state index is 15.2. The standard InChI is InChI=1S/C30H29Cl4F2N3O4/c31-16-7-17(32)9-19(8-16)38(13-15-5-3-1-2-4-6-15)26(40)23-22-12-29(35,36)14-39(22)30(24(23)27(41)42)20-10-18(33)11-21(34)25(20)37-28(30)43/h7-11,15,22-24H,1-6,12-14H2,(H,37,43)(H,41,42)/t22-,23+,24-,30+/m1/s1. The van der Waals surface area contributed by atoms with Gasteiger partial charge >= 0.3 is 5.97 Å². The molecule has 13 heteroatoms. The number of amides is 2. The lowest BCUT2D eigenvalue weighted by Crippen LogP contribution is -2.54. The maximum Gasteiger partial charge on any atom is 0.310 e. The van der Waals surface area contributed by atoms with Crippen LogP contribution in [0.5, 0.6) is 0 Å². The first kappa shape index (κ1) is 30.8. The van der Waals surface area contributed by atoms with Gasteiger partial charge in [0.1, 0.15) is 11.5 Å². The van der Waals surface area contributed by atoms with E-state index in [0.717, 1.165) is 38.5 Å². The number of nitrogens with one attached hydrogen (secondary N) is 1. The van der Waals surface area contributed by atoms with Crippen molar-refractivity contribution in [1.82, 2.24) is 4.90 Å². The third-order valence-electron chi connectivity index (χ3n) is 9.43. The Morgan fingerprint density at radius 1 is 0.977 bits per heavy atom. The van der Waals surface area contributed by atoms with Crippen LogP contribution in [0.3, 0.4) is 0 Å². The first-order valence-electron chi connectivity index (χ1n) is 14.3. The number of halogens is 6. The molecule has 2 aromatic carbocycles. The molecule has 1 saturated carbocycles. The number of nitrogens with zero attached hydrogens (tertiary/aromatic N) is 2. The number of carbonyl (C=O) groups is 3. The van der Waals surface area contributed by atoms with Gasteiger partial charge in [-0.2, -0.15) is 0 Å². The number of hydrogen-bond acceptors (Lipinski definition) is 4. The van der Waals surface area contributed by atoms with Crippen LogP contribution in [0.4, 0.5) is 20.2 Å². The first-order chi connectivity index (χ1) is 20.3. The second-order valence-corrected chi connectivity index (χ2v) is 13.8. The lowest BCUT2D eigenvalue weighted by atomic mass is 9.73. The van der Waals surface area contributed by atoms with Crippen LogP contribution < -0.4 is 10.2 Å². The van der Waals surface area contributed by atoms with Gasteiger partial charge < -0.3 is 15.3 Å². The van der Waals surface area contributed by atoms with E-state index in [9.17, 15) is 19.5 Å². The van der Waals surface area contributed by atoms with E-state index in [2.05, 4.69) is 5.32 Å². The van der Waals surface area contributed by atoms with E-state index in [1.165, 1.54) is 28.0 Å². The second-order valence-electron chi connectivity index (χ2n) is 12.1. The fraction of sp³-hybridized carbons (Fsp3) is 0.500. The van der Waals surface area contributed by atoms with Crippen molar-refractivity contribution in [3.8, 4) is 0 Å². The zero-order valence-corrected chi connectivity index (χ0v) is 25.9. The molecule has 0 radical (unpaired) electrons. The molecular formula is C30H29Cl4F2N3O4. The van der Waals surface area contributed by atoms with Crippen molar-refractivity contribution in [3.63, 3.8) is 0 Å². The Morgan fingerprint density at radius 2 is 1.60 bits per heavy atom. The number of fused-ring (bicyclic) bond motifs is 4. The summed E-state index contributed by atoms with van der Waals surface area (Å²) in [5.41, 5.74) is -1.63. The van der Waals surface area contributed by atoms with Crippen molar-refractivity contribution in [1.29, 1.82) is 0 Å². The van der Waals surface area contributed by atoms with Crippen LogP contribution in [-0.4, -0.2) is 52.8 Å². The quantitative estimate of drug-likeness (QED) is 0.321. The Hall–Kier alpha value is -2.17. The Bertz CT molecular complexity index is 1480. The molecule has 3 fully saturated rings. The third-order valence-corrected chi connectivity index (χ3v) is 10.4. The van der Waals surface area contributed by atoms with E-state index >= 15 is 8.78 Å². The molecule has 0 bridgehead atoms. The third kappa shape index (κ3) is 5.19. The van der Waals surface area contributed by atoms with E-state index < -0.39 is 60.1 Å². The van der Waals surface area contributed by atoms with Crippen molar-refractivity contribution < 1.29 is 28.3 Å². The Balaban J connectivity index is 1.52. The van der Waals surface area contributed by atoms with E-state index in [4.69, 9.17) is 46.4 Å². The van der Waals surface area contributed by atoms with Gasteiger partial charge in [0.2, 0.25) is 5.91 Å². The highest BCUT2D eigenvalue weighted by Crippen LogP contribution is 2.61. The largest absolute Gasteiger partial charge is 0.481 e. The maximum absolute atomic E-state index is 15.2. The van der Waals surface area contributed by atoms with Crippen LogP contribution >= 0.6 is 46.4 Å². The van der Waals surface area contributed by atoms with Crippen LogP contribution in [0, 0.1) is 17.8 Å². The zero-order valence-electron chi connectivity index (χ0n) is 22.9. The average molecular weight is 675 g/mol. The number of carbonyl (C=O) groups excluding carboxylic acids is 2. The molecule has 43 heavy (non-hydrogen) atoms. The van der Waals surface area contributed by atoms with Crippen LogP contribution in [0.2, 0.25) is 20.1 Å². The molecule has 2 aromatic rings. The summed E-state index contributed by atoms with van der Waals surface area (Å²) in [6.07, 6.45) is 5.03. The summed E-state index contributed by atoms with van der Waals surface area (Å²) < 4.78 is 30.5. The minimum Gasteiger partial charge on any atom is -0.481 e. The van der Waals surface area contributed by atoms with Gasteiger partial charge in [0, 0.05) is 45.3 Å². The van der Waals surface area contributed by atoms with Crippen molar-refractivity contribution in [2.45, 2.75) is 62.4 Å². The highest BCUT2D eigenvalue weighted by atomic mass is 35.5. The fourth-order valence-electron chi connectivity index (χ4n) is 7.78. The first-order valence-corrected chi connectivity index (χ1v) is 15.8. The Morgan fingerprint density at radius 3 is 2.23 bits per heavy atom. The van der Waals surface area contributed by atoms with Crippen molar-refractivity contribution in [3.05, 3.63) is 56.0 Å². The zero-order chi connectivity index (χ0) is 30.8. The molecule has 2 amide bonds. The number of carboxylic acid groups (broad SMARTS) is 1. The molecule has 3 heterocycles. The predicted octanol–water partition coefficient (Wildman–Crippen LogP) is 7.49. The average Bonchev–Trinajstić information content (AvgIpc) is 3.37. The van der Waals surface area contributed by atoms with Crippen molar-refractivity contribution in [2.75, 3.05) is 23.3 Å². The SMILES string of the molecule is O=C(O)[C@H]1[C@@H](C(=O)N(CC2CCCCCC2)c2cc(Cl)cc(Cl)c2)[C@H]2CC(F)(F)CN2[C@]12C(=O)Nc1c(Cl)cc(Cl)cc12. The van der Waals surface area contributed by atoms with Gasteiger partial charge in [-0.05, 0) is 49.1 Å². The van der Waals surface area contributed by atoms with Crippen LogP contribution in [0.1, 0.15) is 50.5 Å². The van der Waals surface area contributed by atoms with Gasteiger partial charge in [0.25, 0.3) is 11.8 Å². The molecule has 2 N–H and O–H groups in total. The Labute approximate surface area is 267 Å². The number of alkyl halides is 2. The second kappa shape index (κ2) is 11.3. The van der Waals surface area contributed by atoms with Crippen LogP contribution in [0.15, 0.2) is 30.3 Å². The van der Waals surface area contributed by atoms with E-state index in [1.54, 1.807) is 12.1 Å². The minimum atomic E-state index is -3.28. The highest BCUT2D eigenvalue weighted by Gasteiger charge is 2.74. The summed E-state index contributed by atoms with van der Waals surface area (Å²) in [6, 6.07) is 6.11. The molecule has 1 aliphatic carbocycles. The number of benzene rings is 2. The van der Waals surface area contributed by atoms with Crippen molar-refractivity contribution in [2.24, 2.45) is 17.8 Å². The van der Waals surface area contributed by atoms with Gasteiger partial charge in [0.15, 0.2) is 0 Å². The number of aliphatic carboxylic acids is 1. The molecule has 0 unspecified atom stereocenters. The number of carboxylic acids is 1. The summed E-state index contributed by atoms with van der Waals surface area (Å²) in [4.78, 5) is 44.6. The smallest absolute Gasteiger partial charge is 0.310 e. The van der Waals surface area contributed by atoms with E-state index in [-0.39, 0.29) is 43.8 Å². The molecule has 4 aliphatic rings. The molecule has 0 aromatic heterocycles. The molecule has 230 valence electrons. The van der Waals surface area contributed by atoms with E-state index in [1.807, 2.05) is 0 Å². The van der Waals surface area contributed by atoms with Crippen molar-refractivity contribution >= 4 is 75.6 Å². The van der Waals surface area contributed by atoms with Gasteiger partial charge in [0.05, 0.1) is 23.2 Å². The summed E-state index contributed by atoms with van der Waals surface area (Å²) >= 11 is 25.4. The monoisotopic (exact) mass is 673 g/mol. The Kier molecular flexibility index (Phi) is 8.12. The molecule has 6 rings (SSSR count). The van der Waals surface area contributed by atoms with Gasteiger partial charge in [-0.1, -0.05) is 72.1 Å². The van der Waals surface area contributed by atoms with Gasteiger partial charge in [-0.3, -0.25) is 19.3 Å². The highest BCUT2D eigenvalue weighted by molar-refractivity contribution is 6.38. The minimum absolute atomic E-state index is 0.0395. The molecule has 7 nitrogen and oxygen atoms in total. The number of rotatable bonds is 5. The van der Waals surface area contributed by atoms with E-state index in [0.29, 0.717) is 5.69 Å². The summed E-state index contributed by atoms with van der Waals surface area (Å²) in [5, 5.41) is 14.0. The van der Waals surface area contributed by atoms with Gasteiger partial charge in [-0.25, -0.2) is 8.78 Å². The predicted molar refractivity (Wildman–Crippen MR) is 161 cm³/mol. The summed E-state index contributed by atoms with van der Waals surface area (Å²) in [6.45, 7) is -0.678. The molecule has 2 saturated heterocycles. The summed E-state index contributed by atoms with van der Waals surface area (Å²) in [5.74, 6) is -9.39. The number of anilines is 2. The lowest BCUT2D eigenvalue weighted by molar-refractivity contribution is -0.153. The fourth-order valence-corrected chi connectivity index (χ4v) is 8.84. The molecule has 4 atom stereocenters. The van der Waals surface area contributed by atoms with Crippen LogP contribution in [-0.2, 0) is 19.9 Å². The lowest BCUT2D eigenvalue weighted by Gasteiger charge is -2.36.